The average Bonchev–Trinajstić information content (AvgIpc) is 2.17. The van der Waals surface area contributed by atoms with Crippen LogP contribution in [0.5, 0.6) is 0 Å². The Morgan fingerprint density at radius 2 is 2.19 bits per heavy atom. The van der Waals surface area contributed by atoms with Crippen LogP contribution in [0.25, 0.3) is 0 Å². The third-order valence-corrected chi connectivity index (χ3v) is 4.36. The fourth-order valence-electron chi connectivity index (χ4n) is 2.01. The zero-order valence-corrected chi connectivity index (χ0v) is 10.8. The molecule has 16 heavy (non-hydrogen) atoms. The summed E-state index contributed by atoms with van der Waals surface area (Å²) in [5.41, 5.74) is 5.34. The van der Waals surface area contributed by atoms with E-state index >= 15 is 0 Å². The van der Waals surface area contributed by atoms with Crippen LogP contribution in [0.2, 0.25) is 0 Å². The summed E-state index contributed by atoms with van der Waals surface area (Å²) >= 11 is 0. The number of rotatable bonds is 6. The Bertz CT molecular complexity index is 292. The molecule has 1 heterocycles. The molecule has 1 aliphatic rings. The first-order chi connectivity index (χ1) is 7.53. The highest BCUT2D eigenvalue weighted by Crippen LogP contribution is 2.09. The molecule has 0 aromatic rings. The molecule has 0 saturated carbocycles. The molecule has 3 N–H and O–H groups in total. The highest BCUT2D eigenvalue weighted by atomic mass is 32.2. The lowest BCUT2D eigenvalue weighted by molar-refractivity contribution is 0.242. The van der Waals surface area contributed by atoms with Gasteiger partial charge in [-0.1, -0.05) is 0 Å². The van der Waals surface area contributed by atoms with E-state index < -0.39 is 10.0 Å². The predicted octanol–water partition coefficient (Wildman–Crippen LogP) is -0.261. The Labute approximate surface area is 98.4 Å². The molecule has 6 heteroatoms. The van der Waals surface area contributed by atoms with Gasteiger partial charge in [-0.2, -0.15) is 0 Å². The minimum Gasteiger partial charge on any atom is -0.330 e. The minimum atomic E-state index is -3.11. The lowest BCUT2D eigenvalue weighted by Gasteiger charge is -2.29. The molecule has 0 spiro atoms. The maximum atomic E-state index is 11.7. The van der Waals surface area contributed by atoms with Crippen LogP contribution in [0.15, 0.2) is 0 Å². The lowest BCUT2D eigenvalue weighted by atomic mass is 10.1. The fraction of sp³-hybridized carbons (Fsp3) is 1.00. The van der Waals surface area contributed by atoms with Crippen LogP contribution in [-0.2, 0) is 10.0 Å². The van der Waals surface area contributed by atoms with Crippen molar-refractivity contribution in [2.24, 2.45) is 5.73 Å². The Morgan fingerprint density at radius 1 is 1.44 bits per heavy atom. The molecule has 0 bridgehead atoms. The highest BCUT2D eigenvalue weighted by molar-refractivity contribution is 7.89. The van der Waals surface area contributed by atoms with Crippen LogP contribution < -0.4 is 10.5 Å². The first-order valence-corrected chi connectivity index (χ1v) is 7.57. The number of unbranched alkanes of at least 4 members (excludes halogenated alkanes) is 1. The number of piperidine rings is 1. The van der Waals surface area contributed by atoms with E-state index in [1.54, 1.807) is 0 Å². The van der Waals surface area contributed by atoms with Crippen molar-refractivity contribution in [3.05, 3.63) is 0 Å². The Balaban J connectivity index is 2.33. The minimum absolute atomic E-state index is 0.0848. The summed E-state index contributed by atoms with van der Waals surface area (Å²) in [6, 6.07) is 0.0848. The van der Waals surface area contributed by atoms with Crippen LogP contribution in [0, 0.1) is 0 Å². The van der Waals surface area contributed by atoms with Gasteiger partial charge in [-0.15, -0.1) is 0 Å². The van der Waals surface area contributed by atoms with E-state index in [1.807, 2.05) is 7.05 Å². The predicted molar refractivity (Wildman–Crippen MR) is 65.7 cm³/mol. The van der Waals surface area contributed by atoms with E-state index in [1.165, 1.54) is 0 Å². The molecule has 0 aliphatic carbocycles. The second-order valence-corrected chi connectivity index (χ2v) is 6.41. The Kier molecular flexibility index (Phi) is 5.68. The van der Waals surface area contributed by atoms with Gasteiger partial charge in [0.15, 0.2) is 0 Å². The maximum Gasteiger partial charge on any atom is 0.211 e. The van der Waals surface area contributed by atoms with Crippen molar-refractivity contribution in [3.63, 3.8) is 0 Å². The second-order valence-electron chi connectivity index (χ2n) is 4.53. The number of hydrogen-bond acceptors (Lipinski definition) is 4. The molecular weight excluding hydrogens is 226 g/mol. The number of hydrogen-bond donors (Lipinski definition) is 2. The van der Waals surface area contributed by atoms with Crippen molar-refractivity contribution in [2.45, 2.75) is 31.7 Å². The molecule has 0 aromatic heterocycles. The molecule has 0 aromatic carbocycles. The largest absolute Gasteiger partial charge is 0.330 e. The van der Waals surface area contributed by atoms with Crippen LogP contribution in [-0.4, -0.2) is 51.8 Å². The first kappa shape index (κ1) is 13.9. The van der Waals surface area contributed by atoms with Gasteiger partial charge in [0, 0.05) is 12.6 Å². The molecule has 0 amide bonds. The molecule has 1 saturated heterocycles. The summed E-state index contributed by atoms with van der Waals surface area (Å²) in [4.78, 5) is 2.16. The van der Waals surface area contributed by atoms with Gasteiger partial charge in [0.2, 0.25) is 10.0 Å². The van der Waals surface area contributed by atoms with Gasteiger partial charge < -0.3 is 10.6 Å². The fourth-order valence-corrected chi connectivity index (χ4v) is 3.41. The van der Waals surface area contributed by atoms with E-state index in [9.17, 15) is 8.42 Å². The molecule has 1 fully saturated rings. The topological polar surface area (TPSA) is 75.4 Å². The van der Waals surface area contributed by atoms with Crippen molar-refractivity contribution in [1.29, 1.82) is 0 Å². The van der Waals surface area contributed by atoms with Crippen molar-refractivity contribution < 1.29 is 8.42 Å². The van der Waals surface area contributed by atoms with E-state index in [-0.39, 0.29) is 11.8 Å². The van der Waals surface area contributed by atoms with Crippen LogP contribution >= 0.6 is 0 Å². The molecule has 1 unspecified atom stereocenters. The SMILES string of the molecule is CN1CCCC(NS(=O)(=O)CCCCN)C1. The highest BCUT2D eigenvalue weighted by Gasteiger charge is 2.21. The van der Waals surface area contributed by atoms with Crippen LogP contribution in [0.4, 0.5) is 0 Å². The number of nitrogens with one attached hydrogen (secondary N) is 1. The zero-order chi connectivity index (χ0) is 12.0. The number of likely N-dealkylation sites (N-methyl/N-ethyl adjacent to an activating group) is 1. The van der Waals surface area contributed by atoms with Gasteiger partial charge in [-0.3, -0.25) is 0 Å². The van der Waals surface area contributed by atoms with Crippen molar-refractivity contribution in [2.75, 3.05) is 32.4 Å². The Hall–Kier alpha value is -0.170. The number of likely N-dealkylation sites (tertiary alicyclic amines) is 1. The van der Waals surface area contributed by atoms with Crippen LogP contribution in [0.1, 0.15) is 25.7 Å². The molecule has 5 nitrogen and oxygen atoms in total. The van der Waals surface area contributed by atoms with E-state index in [0.717, 1.165) is 32.4 Å². The van der Waals surface area contributed by atoms with E-state index in [0.29, 0.717) is 13.0 Å². The van der Waals surface area contributed by atoms with Gasteiger partial charge in [-0.05, 0) is 45.8 Å². The van der Waals surface area contributed by atoms with Gasteiger partial charge >= 0.3 is 0 Å². The normalized spacial score (nSPS) is 23.5. The summed E-state index contributed by atoms with van der Waals surface area (Å²) in [6.07, 6.45) is 3.42. The van der Waals surface area contributed by atoms with Crippen LogP contribution in [0.3, 0.4) is 0 Å². The molecular formula is C10H23N3O2S. The number of nitrogens with two attached hydrogens (primary N) is 1. The summed E-state index contributed by atoms with van der Waals surface area (Å²) in [5, 5.41) is 0. The van der Waals surface area contributed by atoms with Gasteiger partial charge in [0.05, 0.1) is 5.75 Å². The number of nitrogens with zero attached hydrogens (tertiary/aromatic N) is 1. The standard InChI is InChI=1S/C10H23N3O2S/c1-13-7-4-5-10(9-13)12-16(14,15)8-3-2-6-11/h10,12H,2-9,11H2,1H3. The summed E-state index contributed by atoms with van der Waals surface area (Å²) in [6.45, 7) is 2.43. The van der Waals surface area contributed by atoms with E-state index in [4.69, 9.17) is 5.73 Å². The third kappa shape index (κ3) is 5.25. The summed E-state index contributed by atoms with van der Waals surface area (Å²) in [5.74, 6) is 0.199. The van der Waals surface area contributed by atoms with Gasteiger partial charge in [-0.25, -0.2) is 13.1 Å². The molecule has 1 atom stereocenters. The number of sulfonamides is 1. The van der Waals surface area contributed by atoms with E-state index in [2.05, 4.69) is 9.62 Å². The summed E-state index contributed by atoms with van der Waals surface area (Å²) in [7, 11) is -1.09. The van der Waals surface area contributed by atoms with Crippen molar-refractivity contribution in [1.82, 2.24) is 9.62 Å². The summed E-state index contributed by atoms with van der Waals surface area (Å²) < 4.78 is 26.2. The Morgan fingerprint density at radius 3 is 2.81 bits per heavy atom. The lowest BCUT2D eigenvalue weighted by Crippen LogP contribution is -2.46. The van der Waals surface area contributed by atoms with Gasteiger partial charge in [0.1, 0.15) is 0 Å². The quantitative estimate of drug-likeness (QED) is 0.636. The maximum absolute atomic E-state index is 11.7. The van der Waals surface area contributed by atoms with Crippen molar-refractivity contribution in [3.8, 4) is 0 Å². The third-order valence-electron chi connectivity index (χ3n) is 2.84. The average molecular weight is 249 g/mol. The molecule has 1 aliphatic heterocycles. The molecule has 96 valence electrons. The van der Waals surface area contributed by atoms with Crippen molar-refractivity contribution >= 4 is 10.0 Å². The van der Waals surface area contributed by atoms with Gasteiger partial charge in [0.25, 0.3) is 0 Å². The first-order valence-electron chi connectivity index (χ1n) is 5.92. The zero-order valence-electron chi connectivity index (χ0n) is 9.98. The monoisotopic (exact) mass is 249 g/mol. The second kappa shape index (κ2) is 6.54. The molecule has 1 rings (SSSR count). The smallest absolute Gasteiger partial charge is 0.211 e. The molecule has 0 radical (unpaired) electrons.